The third kappa shape index (κ3) is 3.30. The van der Waals surface area contributed by atoms with Crippen molar-refractivity contribution in [1.82, 2.24) is 4.98 Å². The van der Waals surface area contributed by atoms with Crippen molar-refractivity contribution in [2.45, 2.75) is 6.42 Å². The van der Waals surface area contributed by atoms with E-state index in [1.165, 1.54) is 19.4 Å². The highest BCUT2D eigenvalue weighted by Crippen LogP contribution is 2.18. The van der Waals surface area contributed by atoms with Crippen LogP contribution in [0.2, 0.25) is 0 Å². The molecule has 0 saturated heterocycles. The van der Waals surface area contributed by atoms with E-state index >= 15 is 0 Å². The topological polar surface area (TPSA) is 85.4 Å². The average molecular weight is 208 g/mol. The van der Waals surface area contributed by atoms with Crippen molar-refractivity contribution in [2.75, 3.05) is 12.8 Å². The molecule has 0 radical (unpaired) electrons. The number of aromatic nitrogens is 1. The van der Waals surface area contributed by atoms with Gasteiger partial charge in [-0.2, -0.15) is 0 Å². The number of carbonyl (C=O) groups excluding carboxylic acids is 1. The van der Waals surface area contributed by atoms with Crippen molar-refractivity contribution >= 4 is 17.9 Å². The van der Waals surface area contributed by atoms with E-state index < -0.39 is 0 Å². The second kappa shape index (κ2) is 4.99. The van der Waals surface area contributed by atoms with Gasteiger partial charge in [0.15, 0.2) is 11.6 Å². The van der Waals surface area contributed by atoms with E-state index in [0.717, 1.165) is 0 Å². The van der Waals surface area contributed by atoms with Gasteiger partial charge in [0.05, 0.1) is 13.5 Å². The lowest BCUT2D eigenvalue weighted by Crippen LogP contribution is -1.96. The Kier molecular flexibility index (Phi) is 3.68. The summed E-state index contributed by atoms with van der Waals surface area (Å²) in [6.45, 7) is 0. The van der Waals surface area contributed by atoms with Crippen molar-refractivity contribution in [1.29, 1.82) is 0 Å². The lowest BCUT2D eigenvalue weighted by atomic mass is 10.2. The molecule has 1 rings (SSSR count). The summed E-state index contributed by atoms with van der Waals surface area (Å²) >= 11 is 0. The molecule has 80 valence electrons. The van der Waals surface area contributed by atoms with Gasteiger partial charge in [0.25, 0.3) is 0 Å². The molecule has 15 heavy (non-hydrogen) atoms. The van der Waals surface area contributed by atoms with Crippen LogP contribution in [-0.2, 0) is 9.53 Å². The van der Waals surface area contributed by atoms with E-state index in [0.29, 0.717) is 5.56 Å². The lowest BCUT2D eigenvalue weighted by Gasteiger charge is -1.98. The number of aromatic hydroxyl groups is 1. The summed E-state index contributed by atoms with van der Waals surface area (Å²) in [5.74, 6) is -0.311. The van der Waals surface area contributed by atoms with Crippen LogP contribution in [0.5, 0.6) is 5.75 Å². The predicted octanol–water partition coefficient (Wildman–Crippen LogP) is 0.946. The number of methoxy groups -OCH3 is 1. The molecular formula is C10H12N2O3. The molecule has 0 fully saturated rings. The monoisotopic (exact) mass is 208 g/mol. The molecule has 1 heterocycles. The summed E-state index contributed by atoms with van der Waals surface area (Å²) in [6.07, 6.45) is 4.96. The summed E-state index contributed by atoms with van der Waals surface area (Å²) in [4.78, 5) is 14.5. The molecule has 5 heteroatoms. The third-order valence-electron chi connectivity index (χ3n) is 1.74. The average Bonchev–Trinajstić information content (AvgIpc) is 2.23. The number of esters is 1. The Morgan fingerprint density at radius 3 is 3.07 bits per heavy atom. The molecule has 0 spiro atoms. The summed E-state index contributed by atoms with van der Waals surface area (Å²) in [5, 5.41) is 9.24. The number of nitrogen functional groups attached to an aromatic ring is 1. The number of pyridine rings is 1. The van der Waals surface area contributed by atoms with E-state index in [9.17, 15) is 9.90 Å². The van der Waals surface area contributed by atoms with Gasteiger partial charge in [-0.1, -0.05) is 12.2 Å². The quantitative estimate of drug-likeness (QED) is 0.722. The van der Waals surface area contributed by atoms with E-state index in [4.69, 9.17) is 5.73 Å². The summed E-state index contributed by atoms with van der Waals surface area (Å²) in [7, 11) is 1.33. The molecule has 0 amide bonds. The molecule has 1 aromatic heterocycles. The Labute approximate surface area is 87.2 Å². The number of hydrogen-bond donors (Lipinski definition) is 2. The zero-order chi connectivity index (χ0) is 11.3. The number of nitrogens with two attached hydrogens (primary N) is 1. The first-order valence-electron chi connectivity index (χ1n) is 4.31. The maximum absolute atomic E-state index is 10.8. The van der Waals surface area contributed by atoms with Crippen LogP contribution in [0.15, 0.2) is 18.3 Å². The second-order valence-electron chi connectivity index (χ2n) is 2.86. The fourth-order valence-corrected chi connectivity index (χ4v) is 0.945. The Morgan fingerprint density at radius 2 is 2.47 bits per heavy atom. The van der Waals surface area contributed by atoms with E-state index in [1.54, 1.807) is 12.2 Å². The van der Waals surface area contributed by atoms with Crippen LogP contribution < -0.4 is 5.73 Å². The van der Waals surface area contributed by atoms with Crippen LogP contribution in [0.4, 0.5) is 5.82 Å². The molecule has 5 nitrogen and oxygen atoms in total. The van der Waals surface area contributed by atoms with Crippen LogP contribution in [0.25, 0.3) is 6.08 Å². The van der Waals surface area contributed by atoms with Crippen molar-refractivity contribution in [3.05, 3.63) is 23.9 Å². The highest BCUT2D eigenvalue weighted by atomic mass is 16.5. The molecule has 0 aromatic carbocycles. The van der Waals surface area contributed by atoms with Crippen LogP contribution in [0, 0.1) is 0 Å². The van der Waals surface area contributed by atoms with E-state index in [1.807, 2.05) is 0 Å². The number of nitrogens with zero attached hydrogens (tertiary/aromatic N) is 1. The number of ether oxygens (including phenoxy) is 1. The van der Waals surface area contributed by atoms with E-state index in [-0.39, 0.29) is 24.0 Å². The van der Waals surface area contributed by atoms with Gasteiger partial charge >= 0.3 is 5.97 Å². The van der Waals surface area contributed by atoms with Gasteiger partial charge in [-0.3, -0.25) is 4.79 Å². The van der Waals surface area contributed by atoms with Gasteiger partial charge in [0.2, 0.25) is 0 Å². The fourth-order valence-electron chi connectivity index (χ4n) is 0.945. The maximum Gasteiger partial charge on any atom is 0.309 e. The Morgan fingerprint density at radius 1 is 1.73 bits per heavy atom. The smallest absolute Gasteiger partial charge is 0.309 e. The molecule has 0 saturated carbocycles. The van der Waals surface area contributed by atoms with Crippen molar-refractivity contribution < 1.29 is 14.6 Å². The van der Waals surface area contributed by atoms with Crippen LogP contribution in [0.3, 0.4) is 0 Å². The summed E-state index contributed by atoms with van der Waals surface area (Å²) < 4.78 is 4.46. The van der Waals surface area contributed by atoms with Gasteiger partial charge in [0, 0.05) is 6.20 Å². The fraction of sp³-hybridized carbons (Fsp3) is 0.200. The maximum atomic E-state index is 10.8. The van der Waals surface area contributed by atoms with Gasteiger partial charge in [-0.05, 0) is 11.6 Å². The van der Waals surface area contributed by atoms with Gasteiger partial charge in [-0.25, -0.2) is 4.98 Å². The van der Waals surface area contributed by atoms with Crippen LogP contribution >= 0.6 is 0 Å². The summed E-state index contributed by atoms with van der Waals surface area (Å²) in [5.41, 5.74) is 6.00. The van der Waals surface area contributed by atoms with Crippen molar-refractivity contribution in [3.8, 4) is 5.75 Å². The molecular weight excluding hydrogens is 196 g/mol. The molecule has 0 aliphatic rings. The number of anilines is 1. The third-order valence-corrected chi connectivity index (χ3v) is 1.74. The van der Waals surface area contributed by atoms with Gasteiger partial charge < -0.3 is 15.6 Å². The van der Waals surface area contributed by atoms with Gasteiger partial charge in [-0.15, -0.1) is 0 Å². The summed E-state index contributed by atoms with van der Waals surface area (Å²) in [6, 6.07) is 1.47. The Balaban J connectivity index is 2.65. The molecule has 0 aliphatic heterocycles. The number of rotatable bonds is 3. The van der Waals surface area contributed by atoms with Crippen molar-refractivity contribution in [3.63, 3.8) is 0 Å². The first-order valence-corrected chi connectivity index (χ1v) is 4.31. The number of hydrogen-bond acceptors (Lipinski definition) is 5. The van der Waals surface area contributed by atoms with Gasteiger partial charge in [0.1, 0.15) is 0 Å². The molecule has 0 bridgehead atoms. The minimum absolute atomic E-state index is 0.0739. The highest BCUT2D eigenvalue weighted by Gasteiger charge is 1.98. The van der Waals surface area contributed by atoms with Crippen molar-refractivity contribution in [2.24, 2.45) is 0 Å². The Bertz CT molecular complexity index is 388. The minimum atomic E-state index is -0.320. The molecule has 3 N–H and O–H groups in total. The standard InChI is InChI=1S/C10H12N2O3/c1-15-9(14)4-2-3-7-5-8(13)10(11)12-6-7/h2-3,5-6,13H,4H2,1H3,(H2,11,12). The highest BCUT2D eigenvalue weighted by molar-refractivity contribution is 5.72. The lowest BCUT2D eigenvalue weighted by molar-refractivity contribution is -0.139. The number of carbonyl (C=O) groups is 1. The minimum Gasteiger partial charge on any atom is -0.504 e. The van der Waals surface area contributed by atoms with Crippen LogP contribution in [-0.4, -0.2) is 23.2 Å². The van der Waals surface area contributed by atoms with Crippen LogP contribution in [0.1, 0.15) is 12.0 Å². The zero-order valence-electron chi connectivity index (χ0n) is 8.30. The molecule has 1 aromatic rings. The first kappa shape index (κ1) is 11.0. The molecule has 0 unspecified atom stereocenters. The second-order valence-corrected chi connectivity index (χ2v) is 2.86. The predicted molar refractivity (Wildman–Crippen MR) is 56.0 cm³/mol. The molecule has 0 aliphatic carbocycles. The largest absolute Gasteiger partial charge is 0.504 e. The van der Waals surface area contributed by atoms with E-state index in [2.05, 4.69) is 9.72 Å². The zero-order valence-corrected chi connectivity index (χ0v) is 8.30. The Hall–Kier alpha value is -2.04. The normalized spacial score (nSPS) is 10.5. The SMILES string of the molecule is COC(=O)CC=Cc1cnc(N)c(O)c1. The first-order chi connectivity index (χ1) is 7.13. The molecule has 0 atom stereocenters.